The number of hydrogen-bond donors (Lipinski definition) is 0. The molecular weight excluding hydrogens is 336 g/mol. The van der Waals surface area contributed by atoms with Crippen LogP contribution < -0.4 is 0 Å². The molecular formula is C14H10N12. The second-order valence-electron chi connectivity index (χ2n) is 5.08. The smallest absolute Gasteiger partial charge is 0.143 e. The lowest BCUT2D eigenvalue weighted by Crippen LogP contribution is -2.17. The maximum absolute atomic E-state index is 4.27. The first kappa shape index (κ1) is 14.2. The molecule has 1 aromatic carbocycles. The van der Waals surface area contributed by atoms with Crippen molar-refractivity contribution in [3.05, 3.63) is 61.7 Å². The zero-order valence-electron chi connectivity index (χ0n) is 13.1. The monoisotopic (exact) mass is 346 g/mol. The molecule has 0 N–H and O–H groups in total. The fraction of sp³-hybridized carbons (Fsp3) is 0. The van der Waals surface area contributed by atoms with Crippen LogP contribution in [0, 0.1) is 0 Å². The average Bonchev–Trinajstić information content (AvgIpc) is 3.49. The van der Waals surface area contributed by atoms with Crippen molar-refractivity contribution >= 4 is 0 Å². The minimum Gasteiger partial charge on any atom is -0.157 e. The first-order chi connectivity index (χ1) is 12.9. The van der Waals surface area contributed by atoms with Crippen molar-refractivity contribution in [1.29, 1.82) is 0 Å². The van der Waals surface area contributed by atoms with Crippen LogP contribution in [0.4, 0.5) is 0 Å². The van der Waals surface area contributed by atoms with Crippen LogP contribution in [0.5, 0.6) is 0 Å². The van der Waals surface area contributed by atoms with Gasteiger partial charge < -0.3 is 0 Å². The fourth-order valence-electron chi connectivity index (χ4n) is 2.62. The van der Waals surface area contributed by atoms with Gasteiger partial charge in [-0.15, -0.1) is 19.2 Å². The van der Waals surface area contributed by atoms with E-state index in [1.807, 2.05) is 12.1 Å². The molecule has 4 aromatic heterocycles. The Kier molecular flexibility index (Phi) is 3.10. The summed E-state index contributed by atoms with van der Waals surface area (Å²) in [5.41, 5.74) is 2.46. The first-order valence-corrected chi connectivity index (χ1v) is 7.55. The van der Waals surface area contributed by atoms with Gasteiger partial charge in [-0.2, -0.15) is 40.8 Å². The van der Waals surface area contributed by atoms with Gasteiger partial charge in [0, 0.05) is 0 Å². The zero-order valence-corrected chi connectivity index (χ0v) is 13.1. The van der Waals surface area contributed by atoms with Crippen LogP contribution in [0.2, 0.25) is 0 Å². The highest BCUT2D eigenvalue weighted by molar-refractivity contribution is 5.70. The van der Waals surface area contributed by atoms with Crippen LogP contribution in [0.3, 0.4) is 0 Å². The number of hydrogen-bond acceptors (Lipinski definition) is 8. The Morgan fingerprint density at radius 2 is 0.654 bits per heavy atom. The molecule has 0 aliphatic rings. The van der Waals surface area contributed by atoms with E-state index in [0.29, 0.717) is 22.7 Å². The van der Waals surface area contributed by atoms with Gasteiger partial charge in [0.05, 0.1) is 49.6 Å². The molecule has 0 atom stereocenters. The van der Waals surface area contributed by atoms with Crippen molar-refractivity contribution < 1.29 is 0 Å². The van der Waals surface area contributed by atoms with Gasteiger partial charge in [-0.05, 0) is 12.1 Å². The van der Waals surface area contributed by atoms with E-state index in [1.54, 1.807) is 49.6 Å². The predicted octanol–water partition coefficient (Wildman–Crippen LogP) is 0.00940. The SMILES string of the molecule is c1cnn(-c2ccc(-n3nccn3)c(-n3nccn3)c2-n2nccn2)n1. The summed E-state index contributed by atoms with van der Waals surface area (Å²) in [6.07, 6.45) is 12.7. The quantitative estimate of drug-likeness (QED) is 0.446. The number of rotatable bonds is 4. The Labute approximate surface area is 145 Å². The summed E-state index contributed by atoms with van der Waals surface area (Å²) >= 11 is 0. The van der Waals surface area contributed by atoms with E-state index < -0.39 is 0 Å². The van der Waals surface area contributed by atoms with Crippen molar-refractivity contribution in [3.8, 4) is 22.7 Å². The van der Waals surface area contributed by atoms with E-state index in [1.165, 1.54) is 19.2 Å². The predicted molar refractivity (Wildman–Crippen MR) is 86.1 cm³/mol. The summed E-state index contributed by atoms with van der Waals surface area (Å²) in [5.74, 6) is 0. The third kappa shape index (κ3) is 2.16. The van der Waals surface area contributed by atoms with E-state index in [2.05, 4.69) is 40.8 Å². The molecule has 0 aliphatic heterocycles. The van der Waals surface area contributed by atoms with Crippen LogP contribution >= 0.6 is 0 Å². The van der Waals surface area contributed by atoms with Gasteiger partial charge in [-0.1, -0.05) is 0 Å². The molecule has 0 bridgehead atoms. The third-order valence-electron chi connectivity index (χ3n) is 3.61. The molecule has 12 heteroatoms. The van der Waals surface area contributed by atoms with Crippen molar-refractivity contribution in [2.45, 2.75) is 0 Å². The van der Waals surface area contributed by atoms with Crippen molar-refractivity contribution in [3.63, 3.8) is 0 Å². The summed E-state index contributed by atoms with van der Waals surface area (Å²) in [4.78, 5) is 5.88. The highest BCUT2D eigenvalue weighted by Crippen LogP contribution is 2.29. The van der Waals surface area contributed by atoms with Crippen LogP contribution in [-0.2, 0) is 0 Å². The number of benzene rings is 1. The highest BCUT2D eigenvalue weighted by Gasteiger charge is 2.23. The Hall–Kier alpha value is -4.22. The minimum atomic E-state index is 0.581. The molecule has 12 nitrogen and oxygen atoms in total. The molecule has 0 amide bonds. The molecule has 0 radical (unpaired) electrons. The van der Waals surface area contributed by atoms with Gasteiger partial charge in [0.1, 0.15) is 22.7 Å². The molecule has 5 aromatic rings. The van der Waals surface area contributed by atoms with Gasteiger partial charge in [0.15, 0.2) is 0 Å². The summed E-state index contributed by atoms with van der Waals surface area (Å²) in [7, 11) is 0. The minimum absolute atomic E-state index is 0.581. The molecule has 0 saturated carbocycles. The molecule has 0 spiro atoms. The summed E-state index contributed by atoms with van der Waals surface area (Å²) in [6, 6.07) is 3.68. The molecule has 4 heterocycles. The Balaban J connectivity index is 1.90. The van der Waals surface area contributed by atoms with Crippen LogP contribution in [0.25, 0.3) is 22.7 Å². The Morgan fingerprint density at radius 3 is 0.962 bits per heavy atom. The van der Waals surface area contributed by atoms with Crippen LogP contribution in [-0.4, -0.2) is 60.0 Å². The molecule has 0 saturated heterocycles. The van der Waals surface area contributed by atoms with E-state index in [9.17, 15) is 0 Å². The van der Waals surface area contributed by atoms with Crippen molar-refractivity contribution in [2.75, 3.05) is 0 Å². The molecule has 0 unspecified atom stereocenters. The number of aromatic nitrogens is 12. The zero-order chi connectivity index (χ0) is 17.3. The van der Waals surface area contributed by atoms with Crippen LogP contribution in [0.1, 0.15) is 0 Å². The van der Waals surface area contributed by atoms with Gasteiger partial charge in [-0.3, -0.25) is 0 Å². The number of nitrogens with zero attached hydrogens (tertiary/aromatic N) is 12. The normalized spacial score (nSPS) is 11.1. The van der Waals surface area contributed by atoms with Crippen LogP contribution in [0.15, 0.2) is 61.7 Å². The topological polar surface area (TPSA) is 123 Å². The molecule has 0 fully saturated rings. The lowest BCUT2D eigenvalue weighted by molar-refractivity contribution is 0.663. The van der Waals surface area contributed by atoms with E-state index in [0.717, 1.165) is 0 Å². The van der Waals surface area contributed by atoms with Gasteiger partial charge in [0.25, 0.3) is 0 Å². The highest BCUT2D eigenvalue weighted by atomic mass is 15.5. The fourth-order valence-corrected chi connectivity index (χ4v) is 2.62. The molecule has 0 aliphatic carbocycles. The lowest BCUT2D eigenvalue weighted by atomic mass is 10.2. The maximum atomic E-state index is 4.27. The third-order valence-corrected chi connectivity index (χ3v) is 3.61. The van der Waals surface area contributed by atoms with Gasteiger partial charge in [-0.25, -0.2) is 0 Å². The largest absolute Gasteiger partial charge is 0.157 e. The van der Waals surface area contributed by atoms with Crippen molar-refractivity contribution in [2.24, 2.45) is 0 Å². The summed E-state index contributed by atoms with van der Waals surface area (Å²) < 4.78 is 0. The standard InChI is InChI=1S/C14H10N12/c1-2-12(24-17-5-6-18-24)14(26-21-9-10-22-26)13(25-19-7-8-20-25)11(1)23-15-3-4-16-23/h1-10H. The summed E-state index contributed by atoms with van der Waals surface area (Å²) in [5, 5.41) is 34.0. The lowest BCUT2D eigenvalue weighted by Gasteiger charge is -2.15. The summed E-state index contributed by atoms with van der Waals surface area (Å²) in [6.45, 7) is 0. The first-order valence-electron chi connectivity index (χ1n) is 7.55. The van der Waals surface area contributed by atoms with Gasteiger partial charge >= 0.3 is 0 Å². The molecule has 126 valence electrons. The second kappa shape index (κ2) is 5.70. The molecule has 26 heavy (non-hydrogen) atoms. The molecule has 5 rings (SSSR count). The second-order valence-corrected chi connectivity index (χ2v) is 5.08. The average molecular weight is 346 g/mol. The maximum Gasteiger partial charge on any atom is 0.143 e. The van der Waals surface area contributed by atoms with Gasteiger partial charge in [0.2, 0.25) is 0 Å². The van der Waals surface area contributed by atoms with E-state index in [-0.39, 0.29) is 0 Å². The Bertz CT molecular complexity index is 1020. The Morgan fingerprint density at radius 1 is 0.385 bits per heavy atom. The van der Waals surface area contributed by atoms with E-state index in [4.69, 9.17) is 0 Å². The van der Waals surface area contributed by atoms with Crippen molar-refractivity contribution in [1.82, 2.24) is 60.0 Å². The van der Waals surface area contributed by atoms with E-state index >= 15 is 0 Å².